The van der Waals surface area contributed by atoms with Crippen molar-refractivity contribution < 1.29 is 14.3 Å². The SMILES string of the molecule is CC(C)(C(=O)CCl)C1OCCO1. The molecule has 3 nitrogen and oxygen atoms in total. The third-order valence-corrected chi connectivity index (χ3v) is 2.29. The Morgan fingerprint density at radius 1 is 1.50 bits per heavy atom. The van der Waals surface area contributed by atoms with Crippen LogP contribution in [0.15, 0.2) is 0 Å². The zero-order valence-electron chi connectivity index (χ0n) is 7.30. The van der Waals surface area contributed by atoms with Crippen LogP contribution >= 0.6 is 11.6 Å². The van der Waals surface area contributed by atoms with Gasteiger partial charge in [-0.1, -0.05) is 0 Å². The van der Waals surface area contributed by atoms with Crippen molar-refractivity contribution in [2.24, 2.45) is 5.41 Å². The number of hydrogen-bond acceptors (Lipinski definition) is 3. The average Bonchev–Trinajstić information content (AvgIpc) is 2.55. The number of carbonyl (C=O) groups excluding carboxylic acids is 1. The minimum atomic E-state index is -0.627. The maximum absolute atomic E-state index is 11.3. The number of rotatable bonds is 3. The van der Waals surface area contributed by atoms with E-state index in [0.717, 1.165) is 0 Å². The topological polar surface area (TPSA) is 35.5 Å². The summed E-state index contributed by atoms with van der Waals surface area (Å²) in [6, 6.07) is 0. The Morgan fingerprint density at radius 2 is 2.00 bits per heavy atom. The molecule has 0 bridgehead atoms. The summed E-state index contributed by atoms with van der Waals surface area (Å²) < 4.78 is 10.5. The molecule has 1 saturated heterocycles. The Labute approximate surface area is 77.0 Å². The maximum Gasteiger partial charge on any atom is 0.169 e. The lowest BCUT2D eigenvalue weighted by molar-refractivity contribution is -0.152. The van der Waals surface area contributed by atoms with E-state index in [-0.39, 0.29) is 11.7 Å². The van der Waals surface area contributed by atoms with Crippen LogP contribution in [0.4, 0.5) is 0 Å². The molecule has 1 aliphatic heterocycles. The summed E-state index contributed by atoms with van der Waals surface area (Å²) in [7, 11) is 0. The molecule has 0 spiro atoms. The highest BCUT2D eigenvalue weighted by molar-refractivity contribution is 6.28. The lowest BCUT2D eigenvalue weighted by atomic mass is 9.88. The Balaban J connectivity index is 2.62. The van der Waals surface area contributed by atoms with Gasteiger partial charge in [0.25, 0.3) is 0 Å². The summed E-state index contributed by atoms with van der Waals surface area (Å²) in [5.41, 5.74) is -0.627. The van der Waals surface area contributed by atoms with Crippen molar-refractivity contribution in [2.75, 3.05) is 19.1 Å². The van der Waals surface area contributed by atoms with Crippen LogP contribution in [0, 0.1) is 5.41 Å². The van der Waals surface area contributed by atoms with Crippen LogP contribution in [-0.2, 0) is 14.3 Å². The predicted octanol–water partition coefficient (Wildman–Crippen LogP) is 1.19. The number of alkyl halides is 1. The van der Waals surface area contributed by atoms with Gasteiger partial charge in [0.15, 0.2) is 12.1 Å². The van der Waals surface area contributed by atoms with Crippen LogP contribution in [0.5, 0.6) is 0 Å². The summed E-state index contributed by atoms with van der Waals surface area (Å²) in [6.07, 6.45) is -0.427. The highest BCUT2D eigenvalue weighted by atomic mass is 35.5. The van der Waals surface area contributed by atoms with Gasteiger partial charge in [-0.25, -0.2) is 0 Å². The summed E-state index contributed by atoms with van der Waals surface area (Å²) in [6.45, 7) is 4.69. The normalized spacial score (nSPS) is 19.9. The van der Waals surface area contributed by atoms with E-state index in [9.17, 15) is 4.79 Å². The summed E-state index contributed by atoms with van der Waals surface area (Å²) in [4.78, 5) is 11.3. The largest absolute Gasteiger partial charge is 0.349 e. The highest BCUT2D eigenvalue weighted by Crippen LogP contribution is 2.28. The predicted molar refractivity (Wildman–Crippen MR) is 45.2 cm³/mol. The average molecular weight is 193 g/mol. The zero-order valence-corrected chi connectivity index (χ0v) is 8.06. The Morgan fingerprint density at radius 3 is 2.42 bits per heavy atom. The van der Waals surface area contributed by atoms with Gasteiger partial charge in [0.2, 0.25) is 0 Å². The van der Waals surface area contributed by atoms with Gasteiger partial charge < -0.3 is 9.47 Å². The quantitative estimate of drug-likeness (QED) is 0.631. The monoisotopic (exact) mass is 192 g/mol. The third-order valence-electron chi connectivity index (χ3n) is 2.05. The molecule has 0 unspecified atom stereocenters. The Bertz CT molecular complexity index is 173. The Kier molecular flexibility index (Phi) is 3.09. The molecule has 0 radical (unpaired) electrons. The van der Waals surface area contributed by atoms with Gasteiger partial charge in [0.05, 0.1) is 24.5 Å². The van der Waals surface area contributed by atoms with E-state index >= 15 is 0 Å². The van der Waals surface area contributed by atoms with E-state index in [2.05, 4.69) is 0 Å². The summed E-state index contributed by atoms with van der Waals surface area (Å²) in [5.74, 6) is -0.0352. The molecule has 70 valence electrons. The number of Topliss-reactive ketones (excluding diaryl/α,β-unsaturated/α-hetero) is 1. The number of hydrogen-bond donors (Lipinski definition) is 0. The minimum absolute atomic E-state index is 0.0101. The van der Waals surface area contributed by atoms with Gasteiger partial charge in [0.1, 0.15) is 0 Å². The van der Waals surface area contributed by atoms with Crippen LogP contribution < -0.4 is 0 Å². The van der Waals surface area contributed by atoms with E-state index in [1.165, 1.54) is 0 Å². The van der Waals surface area contributed by atoms with Crippen LogP contribution in [0.1, 0.15) is 13.8 Å². The van der Waals surface area contributed by atoms with Gasteiger partial charge in [0, 0.05) is 0 Å². The first-order valence-electron chi connectivity index (χ1n) is 3.91. The van der Waals surface area contributed by atoms with Crippen molar-refractivity contribution in [3.63, 3.8) is 0 Å². The van der Waals surface area contributed by atoms with Crippen LogP contribution in [0.2, 0.25) is 0 Å². The van der Waals surface area contributed by atoms with Gasteiger partial charge in [-0.15, -0.1) is 11.6 Å². The van der Waals surface area contributed by atoms with Crippen molar-refractivity contribution in [3.05, 3.63) is 0 Å². The Hall–Kier alpha value is -0.120. The first kappa shape index (κ1) is 9.96. The highest BCUT2D eigenvalue weighted by Gasteiger charge is 2.39. The first-order valence-corrected chi connectivity index (χ1v) is 4.45. The fraction of sp³-hybridized carbons (Fsp3) is 0.875. The molecule has 0 aromatic rings. The lowest BCUT2D eigenvalue weighted by Crippen LogP contribution is -2.38. The molecule has 1 heterocycles. The fourth-order valence-corrected chi connectivity index (χ4v) is 1.42. The number of ketones is 1. The fourth-order valence-electron chi connectivity index (χ4n) is 1.08. The summed E-state index contributed by atoms with van der Waals surface area (Å²) >= 11 is 5.45. The van der Waals surface area contributed by atoms with E-state index in [0.29, 0.717) is 13.2 Å². The minimum Gasteiger partial charge on any atom is -0.349 e. The van der Waals surface area contributed by atoms with E-state index in [1.807, 2.05) is 0 Å². The van der Waals surface area contributed by atoms with E-state index in [4.69, 9.17) is 21.1 Å². The van der Waals surface area contributed by atoms with Crippen molar-refractivity contribution in [1.82, 2.24) is 0 Å². The van der Waals surface area contributed by atoms with Crippen LogP contribution in [0.25, 0.3) is 0 Å². The van der Waals surface area contributed by atoms with Crippen LogP contribution in [-0.4, -0.2) is 31.2 Å². The number of carbonyl (C=O) groups is 1. The van der Waals surface area contributed by atoms with Gasteiger partial charge in [-0.3, -0.25) is 4.79 Å². The van der Waals surface area contributed by atoms with Gasteiger partial charge in [-0.2, -0.15) is 0 Å². The molecule has 1 aliphatic rings. The number of ether oxygens (including phenoxy) is 2. The second kappa shape index (κ2) is 3.73. The number of halogens is 1. The van der Waals surface area contributed by atoms with Crippen molar-refractivity contribution >= 4 is 17.4 Å². The smallest absolute Gasteiger partial charge is 0.169 e. The van der Waals surface area contributed by atoms with Crippen LogP contribution in [0.3, 0.4) is 0 Å². The second-order valence-electron chi connectivity index (χ2n) is 3.35. The second-order valence-corrected chi connectivity index (χ2v) is 3.62. The molecule has 1 fully saturated rings. The standard InChI is InChI=1S/C8H13ClO3/c1-8(2,6(10)5-9)7-11-3-4-12-7/h7H,3-5H2,1-2H3. The molecule has 4 heteroatoms. The summed E-state index contributed by atoms with van der Waals surface area (Å²) in [5, 5.41) is 0. The van der Waals surface area contributed by atoms with Gasteiger partial charge in [-0.05, 0) is 13.8 Å². The molecule has 0 amide bonds. The molecule has 0 atom stereocenters. The molecular weight excluding hydrogens is 180 g/mol. The van der Waals surface area contributed by atoms with Crippen molar-refractivity contribution in [2.45, 2.75) is 20.1 Å². The molecule has 0 aromatic heterocycles. The van der Waals surface area contributed by atoms with E-state index in [1.54, 1.807) is 13.8 Å². The van der Waals surface area contributed by atoms with Crippen molar-refractivity contribution in [1.29, 1.82) is 0 Å². The first-order chi connectivity index (χ1) is 5.59. The molecule has 12 heavy (non-hydrogen) atoms. The molecule has 0 aromatic carbocycles. The third kappa shape index (κ3) is 1.79. The molecule has 0 aliphatic carbocycles. The van der Waals surface area contributed by atoms with Crippen molar-refractivity contribution in [3.8, 4) is 0 Å². The molecule has 1 rings (SSSR count). The molecular formula is C8H13ClO3. The zero-order chi connectivity index (χ0) is 9.19. The van der Waals surface area contributed by atoms with Gasteiger partial charge >= 0.3 is 0 Å². The molecule has 0 saturated carbocycles. The van der Waals surface area contributed by atoms with E-state index < -0.39 is 11.7 Å². The molecule has 0 N–H and O–H groups in total. The maximum atomic E-state index is 11.3. The lowest BCUT2D eigenvalue weighted by Gasteiger charge is -2.27.